The second kappa shape index (κ2) is 10.3. The first-order valence-corrected chi connectivity index (χ1v) is 10.0. The van der Waals surface area contributed by atoms with Crippen LogP contribution < -0.4 is 20.1 Å². The molecule has 0 fully saturated rings. The van der Waals surface area contributed by atoms with Gasteiger partial charge in [0.2, 0.25) is 0 Å². The minimum absolute atomic E-state index is 0.206. The summed E-state index contributed by atoms with van der Waals surface area (Å²) in [5.41, 5.74) is 1.50. The SMILES string of the molecule is COc1cc(C(=O)Nc2cccc(NC(=O)c3ccco3)c2)ccc1OCCC(C)C. The van der Waals surface area contributed by atoms with Crippen molar-refractivity contribution < 1.29 is 23.5 Å². The van der Waals surface area contributed by atoms with E-state index >= 15 is 0 Å². The van der Waals surface area contributed by atoms with Gasteiger partial charge >= 0.3 is 0 Å². The Morgan fingerprint density at radius 3 is 2.32 bits per heavy atom. The molecule has 3 rings (SSSR count). The van der Waals surface area contributed by atoms with Crippen molar-refractivity contribution in [3.8, 4) is 11.5 Å². The quantitative estimate of drug-likeness (QED) is 0.494. The van der Waals surface area contributed by atoms with E-state index in [1.54, 1.807) is 54.6 Å². The number of anilines is 2. The van der Waals surface area contributed by atoms with Crippen LogP contribution in [0.5, 0.6) is 11.5 Å². The van der Waals surface area contributed by atoms with Crippen LogP contribution in [0, 0.1) is 5.92 Å². The van der Waals surface area contributed by atoms with Crippen LogP contribution >= 0.6 is 0 Å². The zero-order valence-corrected chi connectivity index (χ0v) is 17.8. The van der Waals surface area contributed by atoms with Gasteiger partial charge in [0.05, 0.1) is 20.0 Å². The molecule has 0 aliphatic carbocycles. The summed E-state index contributed by atoms with van der Waals surface area (Å²) < 4.78 is 16.2. The van der Waals surface area contributed by atoms with E-state index in [-0.39, 0.29) is 17.6 Å². The average molecular weight is 422 g/mol. The van der Waals surface area contributed by atoms with E-state index in [1.165, 1.54) is 13.4 Å². The molecule has 7 heteroatoms. The first-order valence-electron chi connectivity index (χ1n) is 10.0. The third-order valence-electron chi connectivity index (χ3n) is 4.50. The fourth-order valence-electron chi connectivity index (χ4n) is 2.81. The van der Waals surface area contributed by atoms with Gasteiger partial charge in [0.15, 0.2) is 17.3 Å². The van der Waals surface area contributed by atoms with E-state index in [1.807, 2.05) is 0 Å². The molecule has 0 aliphatic heterocycles. The van der Waals surface area contributed by atoms with Gasteiger partial charge in [-0.25, -0.2) is 0 Å². The molecular weight excluding hydrogens is 396 g/mol. The van der Waals surface area contributed by atoms with Crippen LogP contribution in [0.3, 0.4) is 0 Å². The highest BCUT2D eigenvalue weighted by atomic mass is 16.5. The molecule has 0 saturated heterocycles. The summed E-state index contributed by atoms with van der Waals surface area (Å²) in [6.45, 7) is 4.84. The predicted molar refractivity (Wildman–Crippen MR) is 119 cm³/mol. The molecule has 31 heavy (non-hydrogen) atoms. The summed E-state index contributed by atoms with van der Waals surface area (Å²) in [7, 11) is 1.54. The van der Waals surface area contributed by atoms with E-state index < -0.39 is 0 Å². The van der Waals surface area contributed by atoms with Crippen molar-refractivity contribution in [2.45, 2.75) is 20.3 Å². The van der Waals surface area contributed by atoms with Gasteiger partial charge in [-0.05, 0) is 60.9 Å². The summed E-state index contributed by atoms with van der Waals surface area (Å²) in [4.78, 5) is 24.8. The lowest BCUT2D eigenvalue weighted by molar-refractivity contribution is 0.0995. The zero-order valence-electron chi connectivity index (χ0n) is 17.8. The highest BCUT2D eigenvalue weighted by Crippen LogP contribution is 2.29. The number of nitrogens with one attached hydrogen (secondary N) is 2. The van der Waals surface area contributed by atoms with Crippen molar-refractivity contribution >= 4 is 23.2 Å². The fourth-order valence-corrected chi connectivity index (χ4v) is 2.81. The first kappa shape index (κ1) is 22.0. The van der Waals surface area contributed by atoms with E-state index in [0.29, 0.717) is 41.0 Å². The van der Waals surface area contributed by atoms with Crippen molar-refractivity contribution in [2.24, 2.45) is 5.92 Å². The number of carbonyl (C=O) groups excluding carboxylic acids is 2. The van der Waals surface area contributed by atoms with Crippen molar-refractivity contribution in [2.75, 3.05) is 24.4 Å². The highest BCUT2D eigenvalue weighted by Gasteiger charge is 2.13. The summed E-state index contributed by atoms with van der Waals surface area (Å²) >= 11 is 0. The van der Waals surface area contributed by atoms with E-state index in [2.05, 4.69) is 24.5 Å². The minimum atomic E-state index is -0.369. The molecular formula is C24H26N2O5. The second-order valence-electron chi connectivity index (χ2n) is 7.36. The number of ether oxygens (including phenoxy) is 2. The smallest absolute Gasteiger partial charge is 0.291 e. The van der Waals surface area contributed by atoms with Gasteiger partial charge in [-0.1, -0.05) is 19.9 Å². The maximum Gasteiger partial charge on any atom is 0.291 e. The molecule has 0 radical (unpaired) electrons. The number of rotatable bonds is 9. The fraction of sp³-hybridized carbons (Fsp3) is 0.250. The number of hydrogen-bond donors (Lipinski definition) is 2. The predicted octanol–water partition coefficient (Wildman–Crippen LogP) is 5.22. The van der Waals surface area contributed by atoms with Crippen molar-refractivity contribution in [1.82, 2.24) is 0 Å². The lowest BCUT2D eigenvalue weighted by atomic mass is 10.1. The summed E-state index contributed by atoms with van der Waals surface area (Å²) in [6, 6.07) is 15.1. The Balaban J connectivity index is 1.66. The molecule has 0 saturated carbocycles. The van der Waals surface area contributed by atoms with Crippen LogP contribution in [-0.4, -0.2) is 25.5 Å². The van der Waals surface area contributed by atoms with Crippen molar-refractivity contribution in [3.05, 3.63) is 72.2 Å². The van der Waals surface area contributed by atoms with Crippen LogP contribution in [0.25, 0.3) is 0 Å². The molecule has 0 unspecified atom stereocenters. The van der Waals surface area contributed by atoms with Gasteiger partial charge in [-0.15, -0.1) is 0 Å². The molecule has 2 N–H and O–H groups in total. The van der Waals surface area contributed by atoms with Crippen LogP contribution in [-0.2, 0) is 0 Å². The van der Waals surface area contributed by atoms with Crippen LogP contribution in [0.15, 0.2) is 65.3 Å². The summed E-state index contributed by atoms with van der Waals surface area (Å²) in [6.07, 6.45) is 2.36. The molecule has 2 amide bonds. The molecule has 0 spiro atoms. The standard InChI is InChI=1S/C24H26N2O5/c1-16(2)11-13-31-20-10-9-17(14-22(20)29-3)23(27)25-18-6-4-7-19(15-18)26-24(28)21-8-5-12-30-21/h4-10,12,14-16H,11,13H2,1-3H3,(H,25,27)(H,26,28). The lowest BCUT2D eigenvalue weighted by Crippen LogP contribution is -2.14. The molecule has 3 aromatic rings. The Morgan fingerprint density at radius 1 is 0.935 bits per heavy atom. The Morgan fingerprint density at radius 2 is 1.68 bits per heavy atom. The Bertz CT molecular complexity index is 1030. The third-order valence-corrected chi connectivity index (χ3v) is 4.50. The Hall–Kier alpha value is -3.74. The van der Waals surface area contributed by atoms with Gasteiger partial charge in [-0.2, -0.15) is 0 Å². The van der Waals surface area contributed by atoms with Crippen molar-refractivity contribution in [1.29, 1.82) is 0 Å². The number of carbonyl (C=O) groups is 2. The number of hydrogen-bond acceptors (Lipinski definition) is 5. The number of furan rings is 1. The number of methoxy groups -OCH3 is 1. The van der Waals surface area contributed by atoms with Crippen LogP contribution in [0.4, 0.5) is 11.4 Å². The van der Waals surface area contributed by atoms with Gasteiger partial charge in [0, 0.05) is 16.9 Å². The largest absolute Gasteiger partial charge is 0.493 e. The highest BCUT2D eigenvalue weighted by molar-refractivity contribution is 6.06. The van der Waals surface area contributed by atoms with Gasteiger partial charge in [0.25, 0.3) is 11.8 Å². The zero-order chi connectivity index (χ0) is 22.2. The number of amides is 2. The molecule has 0 aliphatic rings. The molecule has 7 nitrogen and oxygen atoms in total. The maximum atomic E-state index is 12.7. The Kier molecular flexibility index (Phi) is 7.32. The monoisotopic (exact) mass is 422 g/mol. The molecule has 1 heterocycles. The van der Waals surface area contributed by atoms with Gasteiger partial charge in [-0.3, -0.25) is 9.59 Å². The Labute approximate surface area is 181 Å². The minimum Gasteiger partial charge on any atom is -0.493 e. The summed E-state index contributed by atoms with van der Waals surface area (Å²) in [5.74, 6) is 1.17. The number of benzene rings is 2. The average Bonchev–Trinajstić information content (AvgIpc) is 3.29. The van der Waals surface area contributed by atoms with Gasteiger partial charge in [0.1, 0.15) is 0 Å². The topological polar surface area (TPSA) is 89.8 Å². The second-order valence-corrected chi connectivity index (χ2v) is 7.36. The van der Waals surface area contributed by atoms with E-state index in [0.717, 1.165) is 6.42 Å². The molecule has 0 bridgehead atoms. The third kappa shape index (κ3) is 6.12. The van der Waals surface area contributed by atoms with Gasteiger partial charge < -0.3 is 24.5 Å². The molecule has 1 aromatic heterocycles. The van der Waals surface area contributed by atoms with E-state index in [9.17, 15) is 9.59 Å². The lowest BCUT2D eigenvalue weighted by Gasteiger charge is -2.13. The van der Waals surface area contributed by atoms with Crippen LogP contribution in [0.2, 0.25) is 0 Å². The molecule has 2 aromatic carbocycles. The van der Waals surface area contributed by atoms with E-state index in [4.69, 9.17) is 13.9 Å². The van der Waals surface area contributed by atoms with Crippen molar-refractivity contribution in [3.63, 3.8) is 0 Å². The summed E-state index contributed by atoms with van der Waals surface area (Å²) in [5, 5.41) is 5.56. The maximum absolute atomic E-state index is 12.7. The molecule has 162 valence electrons. The normalized spacial score (nSPS) is 10.6. The first-order chi connectivity index (χ1) is 15.0. The van der Waals surface area contributed by atoms with Crippen LogP contribution in [0.1, 0.15) is 41.2 Å². The molecule has 0 atom stereocenters.